The van der Waals surface area contributed by atoms with Crippen LogP contribution in [-0.2, 0) is 0 Å². The first-order valence-electron chi connectivity index (χ1n) is 7.00. The Bertz CT molecular complexity index is 999. The van der Waals surface area contributed by atoms with Gasteiger partial charge in [0.1, 0.15) is 12.5 Å². The van der Waals surface area contributed by atoms with Crippen molar-refractivity contribution in [1.29, 1.82) is 0 Å². The summed E-state index contributed by atoms with van der Waals surface area (Å²) in [5.74, 6) is 4.89. The molecule has 0 aliphatic rings. The van der Waals surface area contributed by atoms with E-state index in [1.54, 1.807) is 19.1 Å². The van der Waals surface area contributed by atoms with Gasteiger partial charge in [0.25, 0.3) is 0 Å². The van der Waals surface area contributed by atoms with Crippen LogP contribution >= 0.6 is 11.8 Å². The number of aryl methyl sites for hydroxylation is 1. The molecule has 2 heterocycles. The molecular formula is C16H12F2N4OS. The second kappa shape index (κ2) is 6.84. The van der Waals surface area contributed by atoms with Crippen molar-refractivity contribution in [2.24, 2.45) is 0 Å². The zero-order valence-corrected chi connectivity index (χ0v) is 13.5. The van der Waals surface area contributed by atoms with Crippen molar-refractivity contribution >= 4 is 17.4 Å². The van der Waals surface area contributed by atoms with Crippen LogP contribution in [0.5, 0.6) is 0 Å². The van der Waals surface area contributed by atoms with E-state index in [9.17, 15) is 13.6 Å². The van der Waals surface area contributed by atoms with Crippen LogP contribution in [0.2, 0.25) is 0 Å². The lowest BCUT2D eigenvalue weighted by Crippen LogP contribution is -2.19. The molecule has 0 fully saturated rings. The molecule has 0 saturated carbocycles. The Hall–Kier alpha value is -2.66. The Kier molecular flexibility index (Phi) is 4.62. The predicted molar refractivity (Wildman–Crippen MR) is 88.2 cm³/mol. The minimum absolute atomic E-state index is 0.308. The molecule has 0 atom stereocenters. The first-order valence-corrected chi connectivity index (χ1v) is 7.99. The molecule has 3 aromatic rings. The second-order valence-electron chi connectivity index (χ2n) is 4.83. The lowest BCUT2D eigenvalue weighted by atomic mass is 10.1. The lowest BCUT2D eigenvalue weighted by Gasteiger charge is -2.02. The van der Waals surface area contributed by atoms with Gasteiger partial charge < -0.3 is 0 Å². The molecule has 1 aromatic carbocycles. The molecule has 5 nitrogen and oxygen atoms in total. The maximum absolute atomic E-state index is 13.1. The van der Waals surface area contributed by atoms with Crippen molar-refractivity contribution in [2.45, 2.75) is 12.1 Å². The van der Waals surface area contributed by atoms with E-state index in [0.717, 1.165) is 5.56 Å². The highest BCUT2D eigenvalue weighted by Crippen LogP contribution is 2.27. The first kappa shape index (κ1) is 16.2. The van der Waals surface area contributed by atoms with Gasteiger partial charge in [-0.15, -0.1) is 0 Å². The zero-order valence-electron chi connectivity index (χ0n) is 12.6. The van der Waals surface area contributed by atoms with Crippen LogP contribution in [0.15, 0.2) is 34.2 Å². The van der Waals surface area contributed by atoms with Gasteiger partial charge in [0.2, 0.25) is 0 Å². The summed E-state index contributed by atoms with van der Waals surface area (Å²) in [6.45, 7) is 1.05. The van der Waals surface area contributed by atoms with E-state index in [1.807, 2.05) is 0 Å². The molecule has 3 rings (SSSR count). The summed E-state index contributed by atoms with van der Waals surface area (Å²) in [7, 11) is 0. The van der Waals surface area contributed by atoms with Crippen molar-refractivity contribution in [3.63, 3.8) is 0 Å². The number of nitrogens with zero attached hydrogens (tertiary/aromatic N) is 3. The summed E-state index contributed by atoms with van der Waals surface area (Å²) >= 11 is 1.20. The van der Waals surface area contributed by atoms with Gasteiger partial charge in [-0.05, 0) is 24.6 Å². The number of aromatic amines is 1. The molecular weight excluding hydrogens is 334 g/mol. The predicted octanol–water partition coefficient (Wildman–Crippen LogP) is 2.60. The standard InChI is InChI=1S/C16H12F2N4OS/c1-10-13(11-4-6-12(18)7-5-11)14-19-15(24-9-3-2-8-17)20-16(23)22(14)21-10/h4-7H,8-9H2,1H3,(H,19,20,23). The summed E-state index contributed by atoms with van der Waals surface area (Å²) in [5, 5.41) is 4.56. The molecule has 2 aromatic heterocycles. The fourth-order valence-electron chi connectivity index (χ4n) is 2.25. The number of nitrogens with one attached hydrogen (secondary N) is 1. The minimum Gasteiger partial charge on any atom is -0.285 e. The molecule has 122 valence electrons. The summed E-state index contributed by atoms with van der Waals surface area (Å²) in [6.07, 6.45) is 0. The molecule has 0 bridgehead atoms. The minimum atomic E-state index is -0.708. The fraction of sp³-hybridized carbons (Fsp3) is 0.188. The summed E-state index contributed by atoms with van der Waals surface area (Å²) < 4.78 is 26.3. The Labute approximate surface area is 140 Å². The van der Waals surface area contributed by atoms with Gasteiger partial charge >= 0.3 is 5.69 Å². The third-order valence-corrected chi connectivity index (χ3v) is 4.01. The van der Waals surface area contributed by atoms with Gasteiger partial charge in [0.15, 0.2) is 10.8 Å². The lowest BCUT2D eigenvalue weighted by molar-refractivity contribution is 0.573. The maximum atomic E-state index is 13.1. The number of aromatic nitrogens is 4. The average molecular weight is 346 g/mol. The van der Waals surface area contributed by atoms with Crippen molar-refractivity contribution in [3.8, 4) is 23.0 Å². The van der Waals surface area contributed by atoms with Crippen molar-refractivity contribution in [2.75, 3.05) is 12.4 Å². The van der Waals surface area contributed by atoms with Gasteiger partial charge in [0, 0.05) is 5.56 Å². The highest BCUT2D eigenvalue weighted by Gasteiger charge is 2.16. The molecule has 0 saturated heterocycles. The van der Waals surface area contributed by atoms with E-state index < -0.39 is 12.4 Å². The molecule has 0 aliphatic heterocycles. The largest absolute Gasteiger partial charge is 0.350 e. The van der Waals surface area contributed by atoms with Crippen molar-refractivity contribution in [3.05, 3.63) is 46.3 Å². The summed E-state index contributed by atoms with van der Waals surface area (Å²) in [4.78, 5) is 19.2. The Balaban J connectivity index is 2.09. The number of rotatable bonds is 3. The van der Waals surface area contributed by atoms with Gasteiger partial charge in [-0.25, -0.2) is 18.6 Å². The molecule has 0 radical (unpaired) electrons. The number of halogens is 2. The Morgan fingerprint density at radius 1 is 1.29 bits per heavy atom. The fourth-order valence-corrected chi connectivity index (χ4v) is 2.88. The third-order valence-electron chi connectivity index (χ3n) is 3.26. The van der Waals surface area contributed by atoms with Gasteiger partial charge in [-0.1, -0.05) is 35.7 Å². The molecule has 0 unspecified atom stereocenters. The zero-order chi connectivity index (χ0) is 17.1. The number of hydrogen-bond acceptors (Lipinski definition) is 4. The SMILES string of the molecule is Cc1nn2c(=O)[nH]c(SCC#CCF)nc2c1-c1ccc(F)cc1. The molecule has 0 amide bonds. The average Bonchev–Trinajstić information content (AvgIpc) is 2.89. The van der Waals surface area contributed by atoms with Crippen LogP contribution < -0.4 is 5.69 Å². The molecule has 24 heavy (non-hydrogen) atoms. The van der Waals surface area contributed by atoms with Gasteiger partial charge in [-0.2, -0.15) is 9.61 Å². The maximum Gasteiger partial charge on any atom is 0.350 e. The van der Waals surface area contributed by atoms with E-state index in [0.29, 0.717) is 27.8 Å². The van der Waals surface area contributed by atoms with Crippen LogP contribution in [0, 0.1) is 24.6 Å². The molecule has 1 N–H and O–H groups in total. The second-order valence-corrected chi connectivity index (χ2v) is 5.79. The van der Waals surface area contributed by atoms with E-state index in [4.69, 9.17) is 0 Å². The van der Waals surface area contributed by atoms with Gasteiger partial charge in [-0.3, -0.25) is 4.98 Å². The Morgan fingerprint density at radius 3 is 2.75 bits per heavy atom. The number of hydrogen-bond donors (Lipinski definition) is 1. The van der Waals surface area contributed by atoms with Crippen LogP contribution in [0.3, 0.4) is 0 Å². The topological polar surface area (TPSA) is 63.1 Å². The van der Waals surface area contributed by atoms with Crippen LogP contribution in [0.1, 0.15) is 5.69 Å². The number of thioether (sulfide) groups is 1. The third kappa shape index (κ3) is 3.16. The number of alkyl halides is 1. The van der Waals surface area contributed by atoms with E-state index in [-0.39, 0.29) is 5.82 Å². The molecule has 0 aliphatic carbocycles. The highest BCUT2D eigenvalue weighted by atomic mass is 32.2. The van der Waals surface area contributed by atoms with Crippen LogP contribution in [-0.4, -0.2) is 32.0 Å². The number of fused-ring (bicyclic) bond motifs is 1. The normalized spacial score (nSPS) is 10.6. The summed E-state index contributed by atoms with van der Waals surface area (Å²) in [5.41, 5.74) is 1.94. The molecule has 0 spiro atoms. The molecule has 8 heteroatoms. The highest BCUT2D eigenvalue weighted by molar-refractivity contribution is 7.99. The Morgan fingerprint density at radius 2 is 2.04 bits per heavy atom. The quantitative estimate of drug-likeness (QED) is 0.585. The monoisotopic (exact) mass is 346 g/mol. The number of benzene rings is 1. The van der Waals surface area contributed by atoms with Crippen molar-refractivity contribution in [1.82, 2.24) is 19.6 Å². The first-order chi connectivity index (χ1) is 11.6. The van der Waals surface area contributed by atoms with Crippen LogP contribution in [0.4, 0.5) is 8.78 Å². The van der Waals surface area contributed by atoms with Crippen LogP contribution in [0.25, 0.3) is 16.8 Å². The van der Waals surface area contributed by atoms with E-state index in [1.165, 1.54) is 28.4 Å². The van der Waals surface area contributed by atoms with Gasteiger partial charge in [0.05, 0.1) is 11.4 Å². The van der Waals surface area contributed by atoms with Crippen molar-refractivity contribution < 1.29 is 8.78 Å². The number of H-pyrrole nitrogens is 1. The van der Waals surface area contributed by atoms with E-state index >= 15 is 0 Å². The summed E-state index contributed by atoms with van der Waals surface area (Å²) in [6, 6.07) is 5.91. The van der Waals surface area contributed by atoms with E-state index in [2.05, 4.69) is 26.9 Å². The smallest absolute Gasteiger partial charge is 0.285 e.